The number of hydrogen-bond acceptors (Lipinski definition) is 6. The summed E-state index contributed by atoms with van der Waals surface area (Å²) in [5.41, 5.74) is 5.33. The Balaban J connectivity index is 1.76. The molecule has 0 aliphatic heterocycles. The number of methoxy groups -OCH3 is 1. The summed E-state index contributed by atoms with van der Waals surface area (Å²) in [4.78, 5) is 9.07. The van der Waals surface area contributed by atoms with E-state index in [0.717, 1.165) is 35.6 Å². The molecule has 33 heavy (non-hydrogen) atoms. The van der Waals surface area contributed by atoms with Gasteiger partial charge in [-0.1, -0.05) is 19.4 Å². The maximum absolute atomic E-state index is 5.79. The van der Waals surface area contributed by atoms with Gasteiger partial charge in [0.15, 0.2) is 17.3 Å². The van der Waals surface area contributed by atoms with E-state index in [1.165, 1.54) is 0 Å². The van der Waals surface area contributed by atoms with E-state index in [4.69, 9.17) is 14.2 Å². The standard InChI is InChI=1S/C26H30N4O3/c1-4-6-17-33-24-15-10-20(18-25(24)31-3)19-28-30-26(23-9-7-8-16-27-23)29-21-11-13-22(14-12-21)32-5-2/h7-16,18-19H,4-6,17H2,1-3H3,(H,29,30). The van der Waals surface area contributed by atoms with E-state index in [2.05, 4.69) is 27.4 Å². The molecule has 0 saturated carbocycles. The highest BCUT2D eigenvalue weighted by Crippen LogP contribution is 2.27. The van der Waals surface area contributed by atoms with Crippen LogP contribution in [0.2, 0.25) is 0 Å². The van der Waals surface area contributed by atoms with Crippen LogP contribution in [0.1, 0.15) is 37.9 Å². The number of benzene rings is 2. The first-order chi connectivity index (χ1) is 16.2. The number of unbranched alkanes of at least 4 members (excludes halogenated alkanes) is 1. The molecule has 0 aliphatic rings. The summed E-state index contributed by atoms with van der Waals surface area (Å²) < 4.78 is 16.8. The summed E-state index contributed by atoms with van der Waals surface area (Å²) in [5.74, 6) is 2.73. The van der Waals surface area contributed by atoms with E-state index in [9.17, 15) is 0 Å². The molecule has 0 aliphatic carbocycles. The van der Waals surface area contributed by atoms with E-state index in [0.29, 0.717) is 30.5 Å². The molecule has 2 aromatic carbocycles. The number of nitrogens with zero attached hydrogens (tertiary/aromatic N) is 3. The Bertz CT molecular complexity index is 1050. The molecule has 0 bridgehead atoms. The Morgan fingerprint density at radius 2 is 1.85 bits per heavy atom. The van der Waals surface area contributed by atoms with Crippen LogP contribution in [0.3, 0.4) is 0 Å². The fraction of sp³-hybridized carbons (Fsp3) is 0.269. The molecule has 0 fully saturated rings. The number of rotatable bonds is 11. The van der Waals surface area contributed by atoms with E-state index in [1.807, 2.05) is 67.6 Å². The average Bonchev–Trinajstić information content (AvgIpc) is 2.86. The predicted molar refractivity (Wildman–Crippen MR) is 132 cm³/mol. The van der Waals surface area contributed by atoms with Crippen LogP contribution in [0, 0.1) is 0 Å². The molecule has 1 N–H and O–H groups in total. The zero-order valence-electron chi connectivity index (χ0n) is 19.3. The zero-order chi connectivity index (χ0) is 23.3. The molecule has 0 atom stereocenters. The van der Waals surface area contributed by atoms with E-state index in [-0.39, 0.29) is 0 Å². The number of pyridine rings is 1. The number of aliphatic imine (C=N–C) groups is 1. The van der Waals surface area contributed by atoms with Crippen molar-refractivity contribution in [2.24, 2.45) is 10.1 Å². The third-order valence-corrected chi connectivity index (χ3v) is 4.62. The quantitative estimate of drug-likeness (QED) is 0.185. The highest BCUT2D eigenvalue weighted by Gasteiger charge is 2.07. The van der Waals surface area contributed by atoms with Crippen LogP contribution in [0.4, 0.5) is 5.69 Å². The van der Waals surface area contributed by atoms with Crippen LogP contribution in [0.15, 0.2) is 77.0 Å². The molecule has 3 rings (SSSR count). The van der Waals surface area contributed by atoms with Gasteiger partial charge in [0.1, 0.15) is 11.4 Å². The van der Waals surface area contributed by atoms with Crippen LogP contribution in [-0.2, 0) is 0 Å². The summed E-state index contributed by atoms with van der Waals surface area (Å²) in [6, 6.07) is 18.9. The maximum atomic E-state index is 5.79. The Labute approximate surface area is 195 Å². The van der Waals surface area contributed by atoms with Gasteiger partial charge in [-0.05, 0) is 73.5 Å². The third kappa shape index (κ3) is 7.35. The molecule has 172 valence electrons. The number of aromatic nitrogens is 1. The fourth-order valence-electron chi connectivity index (χ4n) is 2.93. The molecule has 0 amide bonds. The van der Waals surface area contributed by atoms with Crippen molar-refractivity contribution in [2.75, 3.05) is 20.3 Å². The van der Waals surface area contributed by atoms with Crippen molar-refractivity contribution in [3.05, 3.63) is 78.1 Å². The van der Waals surface area contributed by atoms with Crippen LogP contribution in [0.25, 0.3) is 0 Å². The van der Waals surface area contributed by atoms with Gasteiger partial charge in [-0.25, -0.2) is 4.99 Å². The summed E-state index contributed by atoms with van der Waals surface area (Å²) >= 11 is 0. The number of hydrogen-bond donors (Lipinski definition) is 1. The second-order valence-electron chi connectivity index (χ2n) is 7.08. The molecule has 7 nitrogen and oxygen atoms in total. The van der Waals surface area contributed by atoms with Gasteiger partial charge in [0, 0.05) is 6.20 Å². The van der Waals surface area contributed by atoms with Crippen LogP contribution in [-0.4, -0.2) is 37.4 Å². The van der Waals surface area contributed by atoms with Crippen molar-refractivity contribution in [3.63, 3.8) is 0 Å². The number of ether oxygens (including phenoxy) is 3. The van der Waals surface area contributed by atoms with Gasteiger partial charge in [0.2, 0.25) is 0 Å². The second kappa shape index (κ2) is 12.9. The van der Waals surface area contributed by atoms with Crippen LogP contribution < -0.4 is 19.6 Å². The van der Waals surface area contributed by atoms with Crippen molar-refractivity contribution in [3.8, 4) is 17.2 Å². The average molecular weight is 447 g/mol. The zero-order valence-corrected chi connectivity index (χ0v) is 19.3. The van der Waals surface area contributed by atoms with E-state index >= 15 is 0 Å². The number of amidine groups is 1. The van der Waals surface area contributed by atoms with Gasteiger partial charge in [0.25, 0.3) is 0 Å². The summed E-state index contributed by atoms with van der Waals surface area (Å²) in [6.07, 6.45) is 5.50. The van der Waals surface area contributed by atoms with Crippen molar-refractivity contribution >= 4 is 17.7 Å². The molecule has 0 unspecified atom stereocenters. The summed E-state index contributed by atoms with van der Waals surface area (Å²) in [7, 11) is 1.63. The van der Waals surface area contributed by atoms with E-state index < -0.39 is 0 Å². The molecular weight excluding hydrogens is 416 g/mol. The molecule has 0 spiro atoms. The first kappa shape index (κ1) is 23.8. The molecule has 1 heterocycles. The first-order valence-corrected chi connectivity index (χ1v) is 11.1. The van der Waals surface area contributed by atoms with Crippen molar-refractivity contribution in [1.29, 1.82) is 0 Å². The summed E-state index contributed by atoms with van der Waals surface area (Å²) in [5, 5.41) is 4.38. The van der Waals surface area contributed by atoms with Gasteiger partial charge in [-0.3, -0.25) is 10.4 Å². The van der Waals surface area contributed by atoms with Crippen molar-refractivity contribution < 1.29 is 14.2 Å². The summed E-state index contributed by atoms with van der Waals surface area (Å²) in [6.45, 7) is 5.37. The Hall–Kier alpha value is -3.87. The molecular formula is C26H30N4O3. The van der Waals surface area contributed by atoms with Crippen LogP contribution in [0.5, 0.6) is 17.2 Å². The third-order valence-electron chi connectivity index (χ3n) is 4.62. The fourth-order valence-corrected chi connectivity index (χ4v) is 2.93. The van der Waals surface area contributed by atoms with Gasteiger partial charge in [-0.2, -0.15) is 5.10 Å². The SMILES string of the molecule is CCCCOc1ccc(C=NNC(=Nc2ccc(OCC)cc2)c2ccccn2)cc1OC. The van der Waals surface area contributed by atoms with Gasteiger partial charge >= 0.3 is 0 Å². The minimum Gasteiger partial charge on any atom is -0.494 e. The van der Waals surface area contributed by atoms with Gasteiger partial charge in [-0.15, -0.1) is 0 Å². The topological polar surface area (TPSA) is 77.3 Å². The van der Waals surface area contributed by atoms with Gasteiger partial charge < -0.3 is 14.2 Å². The molecule has 3 aromatic rings. The maximum Gasteiger partial charge on any atom is 0.172 e. The molecule has 7 heteroatoms. The number of nitrogens with one attached hydrogen (secondary N) is 1. The lowest BCUT2D eigenvalue weighted by Gasteiger charge is -2.11. The van der Waals surface area contributed by atoms with Crippen molar-refractivity contribution in [1.82, 2.24) is 10.4 Å². The molecule has 1 aromatic heterocycles. The minimum atomic E-state index is 0.530. The largest absolute Gasteiger partial charge is 0.494 e. The Morgan fingerprint density at radius 1 is 1.00 bits per heavy atom. The lowest BCUT2D eigenvalue weighted by molar-refractivity contribution is 0.288. The molecule has 0 radical (unpaired) electrons. The normalized spacial score (nSPS) is 11.4. The Kier molecular flexibility index (Phi) is 9.27. The van der Waals surface area contributed by atoms with Crippen LogP contribution >= 0.6 is 0 Å². The predicted octanol–water partition coefficient (Wildman–Crippen LogP) is 5.37. The lowest BCUT2D eigenvalue weighted by Crippen LogP contribution is -2.20. The highest BCUT2D eigenvalue weighted by atomic mass is 16.5. The smallest absolute Gasteiger partial charge is 0.172 e. The van der Waals surface area contributed by atoms with Crippen molar-refractivity contribution in [2.45, 2.75) is 26.7 Å². The second-order valence-corrected chi connectivity index (χ2v) is 7.08. The van der Waals surface area contributed by atoms with Gasteiger partial charge in [0.05, 0.1) is 32.2 Å². The monoisotopic (exact) mass is 446 g/mol. The first-order valence-electron chi connectivity index (χ1n) is 11.1. The minimum absolute atomic E-state index is 0.530. The highest BCUT2D eigenvalue weighted by molar-refractivity contribution is 5.99. The lowest BCUT2D eigenvalue weighted by atomic mass is 10.2. The molecule has 0 saturated heterocycles. The van der Waals surface area contributed by atoms with E-state index in [1.54, 1.807) is 19.5 Å². The Morgan fingerprint density at radius 3 is 2.55 bits per heavy atom. The number of hydrazone groups is 1.